The van der Waals surface area contributed by atoms with Crippen molar-refractivity contribution in [1.82, 2.24) is 16.0 Å². The van der Waals surface area contributed by atoms with Crippen LogP contribution < -0.4 is 16.0 Å². The average Bonchev–Trinajstić information content (AvgIpc) is 2.46. The van der Waals surface area contributed by atoms with Crippen molar-refractivity contribution in [1.29, 1.82) is 0 Å². The Morgan fingerprint density at radius 1 is 1.10 bits per heavy atom. The molecule has 3 amide bonds. The first-order valence-electron chi connectivity index (χ1n) is 6.70. The van der Waals surface area contributed by atoms with Gasteiger partial charge in [-0.05, 0) is 5.92 Å². The molecule has 0 saturated carbocycles. The van der Waals surface area contributed by atoms with Gasteiger partial charge in [0.15, 0.2) is 0 Å². The quantitative estimate of drug-likeness (QED) is 0.495. The second-order valence-corrected chi connectivity index (χ2v) is 4.63. The zero-order chi connectivity index (χ0) is 16.4. The van der Waals surface area contributed by atoms with Gasteiger partial charge in [0.2, 0.25) is 17.7 Å². The number of methoxy groups -OCH3 is 1. The van der Waals surface area contributed by atoms with E-state index in [9.17, 15) is 19.2 Å². The largest absolute Gasteiger partial charge is 0.468 e. The molecule has 0 rings (SSSR count). The predicted octanol–water partition coefficient (Wildman–Crippen LogP) is -1.06. The standard InChI is InChI=1S/C13H23N3O5/c1-5-8(2)12(16-9(3)17)13(20)15-6-10(18)14-7-11(19)21-4/h8,12H,5-7H2,1-4H3,(H,14,18)(H,15,20)(H,16,17)/t8?,12-/m0/s1. The van der Waals surface area contributed by atoms with Crippen molar-refractivity contribution in [3.8, 4) is 0 Å². The van der Waals surface area contributed by atoms with E-state index in [0.717, 1.165) is 0 Å². The molecule has 0 fully saturated rings. The maximum absolute atomic E-state index is 12.0. The number of hydrogen-bond donors (Lipinski definition) is 3. The molecule has 8 nitrogen and oxygen atoms in total. The number of esters is 1. The van der Waals surface area contributed by atoms with Crippen LogP contribution in [0.5, 0.6) is 0 Å². The Bertz CT molecular complexity index is 397. The number of nitrogens with one attached hydrogen (secondary N) is 3. The highest BCUT2D eigenvalue weighted by atomic mass is 16.5. The number of rotatable bonds is 8. The van der Waals surface area contributed by atoms with Crippen LogP contribution in [0.1, 0.15) is 27.2 Å². The lowest BCUT2D eigenvalue weighted by Gasteiger charge is -2.22. The lowest BCUT2D eigenvalue weighted by atomic mass is 9.98. The molecular formula is C13H23N3O5. The van der Waals surface area contributed by atoms with Crippen LogP contribution in [0.15, 0.2) is 0 Å². The molecule has 3 N–H and O–H groups in total. The number of ether oxygens (including phenoxy) is 1. The van der Waals surface area contributed by atoms with E-state index in [1.54, 1.807) is 0 Å². The summed E-state index contributed by atoms with van der Waals surface area (Å²) < 4.78 is 4.37. The van der Waals surface area contributed by atoms with Gasteiger partial charge in [-0.15, -0.1) is 0 Å². The minimum Gasteiger partial charge on any atom is -0.468 e. The second kappa shape index (κ2) is 9.73. The third-order valence-electron chi connectivity index (χ3n) is 2.93. The molecule has 0 bridgehead atoms. The van der Waals surface area contributed by atoms with Crippen molar-refractivity contribution in [2.45, 2.75) is 33.2 Å². The third kappa shape index (κ3) is 7.91. The Labute approximate surface area is 124 Å². The maximum Gasteiger partial charge on any atom is 0.325 e. The highest BCUT2D eigenvalue weighted by molar-refractivity contribution is 5.91. The van der Waals surface area contributed by atoms with Crippen LogP contribution in [-0.2, 0) is 23.9 Å². The Morgan fingerprint density at radius 2 is 1.71 bits per heavy atom. The molecule has 120 valence electrons. The highest BCUT2D eigenvalue weighted by Crippen LogP contribution is 2.07. The van der Waals surface area contributed by atoms with Gasteiger partial charge in [0.25, 0.3) is 0 Å². The van der Waals surface area contributed by atoms with Crippen LogP contribution in [0, 0.1) is 5.92 Å². The first kappa shape index (κ1) is 18.9. The van der Waals surface area contributed by atoms with Crippen molar-refractivity contribution in [3.63, 3.8) is 0 Å². The summed E-state index contributed by atoms with van der Waals surface area (Å²) in [4.78, 5) is 45.4. The SMILES string of the molecule is CCC(C)[C@H](NC(C)=O)C(=O)NCC(=O)NCC(=O)OC. The van der Waals surface area contributed by atoms with E-state index in [-0.39, 0.29) is 24.9 Å². The van der Waals surface area contributed by atoms with Crippen molar-refractivity contribution in [2.75, 3.05) is 20.2 Å². The van der Waals surface area contributed by atoms with Crippen molar-refractivity contribution < 1.29 is 23.9 Å². The van der Waals surface area contributed by atoms with E-state index < -0.39 is 23.8 Å². The van der Waals surface area contributed by atoms with Crippen LogP contribution >= 0.6 is 0 Å². The summed E-state index contributed by atoms with van der Waals surface area (Å²) in [5, 5.41) is 7.28. The molecule has 0 aliphatic carbocycles. The molecule has 0 heterocycles. The number of carbonyl (C=O) groups is 4. The van der Waals surface area contributed by atoms with Gasteiger partial charge in [-0.1, -0.05) is 20.3 Å². The molecule has 0 aromatic heterocycles. The molecule has 8 heteroatoms. The molecule has 0 aromatic rings. The van der Waals surface area contributed by atoms with Gasteiger partial charge < -0.3 is 20.7 Å². The fourth-order valence-corrected chi connectivity index (χ4v) is 1.50. The summed E-state index contributed by atoms with van der Waals surface area (Å²) in [6.45, 7) is 4.52. The van der Waals surface area contributed by atoms with E-state index >= 15 is 0 Å². The fourth-order valence-electron chi connectivity index (χ4n) is 1.50. The normalized spacial score (nSPS) is 12.8. The Hall–Kier alpha value is -2.12. The molecule has 0 aliphatic heterocycles. The lowest BCUT2D eigenvalue weighted by molar-refractivity contribution is -0.141. The zero-order valence-corrected chi connectivity index (χ0v) is 12.8. The maximum atomic E-state index is 12.0. The smallest absolute Gasteiger partial charge is 0.325 e. The predicted molar refractivity (Wildman–Crippen MR) is 75.1 cm³/mol. The zero-order valence-electron chi connectivity index (χ0n) is 12.8. The summed E-state index contributed by atoms with van der Waals surface area (Å²) in [5.41, 5.74) is 0. The van der Waals surface area contributed by atoms with Gasteiger partial charge in [0.05, 0.1) is 13.7 Å². The molecule has 0 aromatic carbocycles. The number of carbonyl (C=O) groups excluding carboxylic acids is 4. The first-order valence-corrected chi connectivity index (χ1v) is 6.70. The summed E-state index contributed by atoms with van der Waals surface area (Å²) >= 11 is 0. The summed E-state index contributed by atoms with van der Waals surface area (Å²) in [5.74, 6) is -1.91. The van der Waals surface area contributed by atoms with Crippen LogP contribution in [-0.4, -0.2) is 49.9 Å². The van der Waals surface area contributed by atoms with Crippen LogP contribution in [0.25, 0.3) is 0 Å². The molecule has 1 unspecified atom stereocenters. The summed E-state index contributed by atoms with van der Waals surface area (Å²) in [6.07, 6.45) is 0.701. The third-order valence-corrected chi connectivity index (χ3v) is 2.93. The van der Waals surface area contributed by atoms with E-state index in [4.69, 9.17) is 0 Å². The van der Waals surface area contributed by atoms with Crippen molar-refractivity contribution in [3.05, 3.63) is 0 Å². The monoisotopic (exact) mass is 301 g/mol. The van der Waals surface area contributed by atoms with Gasteiger partial charge in [-0.2, -0.15) is 0 Å². The van der Waals surface area contributed by atoms with Crippen LogP contribution in [0.4, 0.5) is 0 Å². The van der Waals surface area contributed by atoms with Crippen LogP contribution in [0.3, 0.4) is 0 Å². The molecule has 0 aliphatic rings. The van der Waals surface area contributed by atoms with E-state index in [0.29, 0.717) is 6.42 Å². The van der Waals surface area contributed by atoms with Gasteiger partial charge >= 0.3 is 5.97 Å². The molecular weight excluding hydrogens is 278 g/mol. The lowest BCUT2D eigenvalue weighted by Crippen LogP contribution is -2.51. The van der Waals surface area contributed by atoms with E-state index in [1.807, 2.05) is 13.8 Å². The minimum absolute atomic E-state index is 0.0629. The summed E-state index contributed by atoms with van der Waals surface area (Å²) in [6, 6.07) is -0.694. The van der Waals surface area contributed by atoms with Crippen molar-refractivity contribution in [2.24, 2.45) is 5.92 Å². The fraction of sp³-hybridized carbons (Fsp3) is 0.692. The Morgan fingerprint density at radius 3 is 2.19 bits per heavy atom. The molecule has 0 saturated heterocycles. The topological polar surface area (TPSA) is 114 Å². The van der Waals surface area contributed by atoms with Crippen molar-refractivity contribution >= 4 is 23.7 Å². The van der Waals surface area contributed by atoms with Crippen LogP contribution in [0.2, 0.25) is 0 Å². The second-order valence-electron chi connectivity index (χ2n) is 4.63. The van der Waals surface area contributed by atoms with Gasteiger partial charge in [0.1, 0.15) is 12.6 Å². The highest BCUT2D eigenvalue weighted by Gasteiger charge is 2.24. The number of hydrogen-bond acceptors (Lipinski definition) is 5. The van der Waals surface area contributed by atoms with Gasteiger partial charge in [-0.25, -0.2) is 0 Å². The first-order chi connectivity index (χ1) is 9.81. The van der Waals surface area contributed by atoms with Gasteiger partial charge in [-0.3, -0.25) is 19.2 Å². The summed E-state index contributed by atoms with van der Waals surface area (Å²) in [7, 11) is 1.21. The molecule has 2 atom stereocenters. The van der Waals surface area contributed by atoms with E-state index in [1.165, 1.54) is 14.0 Å². The Kier molecular flexibility index (Phi) is 8.75. The van der Waals surface area contributed by atoms with E-state index in [2.05, 4.69) is 20.7 Å². The molecule has 0 spiro atoms. The Balaban J connectivity index is 4.33. The van der Waals surface area contributed by atoms with Gasteiger partial charge in [0, 0.05) is 6.92 Å². The number of amides is 3. The average molecular weight is 301 g/mol. The molecule has 21 heavy (non-hydrogen) atoms. The minimum atomic E-state index is -0.694. The molecule has 0 radical (unpaired) electrons.